The minimum absolute atomic E-state index is 0.284. The zero-order valence-electron chi connectivity index (χ0n) is 14.3. The van der Waals surface area contributed by atoms with E-state index in [9.17, 15) is 9.59 Å². The maximum atomic E-state index is 12.1. The predicted octanol–water partition coefficient (Wildman–Crippen LogP) is 3.29. The Hall–Kier alpha value is -3.18. The molecule has 1 unspecified atom stereocenters. The van der Waals surface area contributed by atoms with E-state index in [4.69, 9.17) is 9.57 Å². The first-order chi connectivity index (χ1) is 12.7. The van der Waals surface area contributed by atoms with E-state index in [1.54, 1.807) is 24.3 Å². The van der Waals surface area contributed by atoms with Crippen LogP contribution in [-0.4, -0.2) is 25.1 Å². The van der Waals surface area contributed by atoms with E-state index in [1.165, 1.54) is 7.11 Å². The van der Waals surface area contributed by atoms with Crippen LogP contribution in [-0.2, 0) is 20.8 Å². The Morgan fingerprint density at radius 1 is 0.923 bits per heavy atom. The molecule has 1 atom stereocenters. The van der Waals surface area contributed by atoms with Crippen LogP contribution in [0.1, 0.15) is 15.9 Å². The number of carbonyl (C=O) groups excluding carboxylic acids is 2. The third-order valence-corrected chi connectivity index (χ3v) is 4.03. The standard InChI is InChI=1S/C21H19NO4/c1-25-21(24)19(26-22-20(23)17-8-3-2-4-9-17)14-15-11-12-16-7-5-6-10-18(16)13-15/h2-13,19H,14H2,1H3,(H,22,23). The zero-order chi connectivity index (χ0) is 18.4. The largest absolute Gasteiger partial charge is 0.467 e. The highest BCUT2D eigenvalue weighted by molar-refractivity contribution is 5.93. The second-order valence-corrected chi connectivity index (χ2v) is 5.81. The summed E-state index contributed by atoms with van der Waals surface area (Å²) in [6, 6.07) is 22.5. The molecule has 0 aliphatic heterocycles. The summed E-state index contributed by atoms with van der Waals surface area (Å²) >= 11 is 0. The molecule has 26 heavy (non-hydrogen) atoms. The molecular weight excluding hydrogens is 330 g/mol. The van der Waals surface area contributed by atoms with Gasteiger partial charge in [0, 0.05) is 12.0 Å². The van der Waals surface area contributed by atoms with Crippen molar-refractivity contribution >= 4 is 22.6 Å². The van der Waals surface area contributed by atoms with Gasteiger partial charge in [0.25, 0.3) is 5.91 Å². The normalized spacial score (nSPS) is 11.7. The van der Waals surface area contributed by atoms with Gasteiger partial charge in [0.15, 0.2) is 6.10 Å². The highest BCUT2D eigenvalue weighted by Crippen LogP contribution is 2.17. The molecule has 0 aliphatic carbocycles. The number of nitrogens with one attached hydrogen (secondary N) is 1. The molecule has 0 spiro atoms. The third kappa shape index (κ3) is 4.26. The molecule has 1 amide bonds. The summed E-state index contributed by atoms with van der Waals surface area (Å²) in [6.45, 7) is 0. The summed E-state index contributed by atoms with van der Waals surface area (Å²) in [6.07, 6.45) is -0.652. The molecule has 0 saturated carbocycles. The van der Waals surface area contributed by atoms with Gasteiger partial charge in [0.05, 0.1) is 7.11 Å². The maximum Gasteiger partial charge on any atom is 0.338 e. The maximum absolute atomic E-state index is 12.1. The summed E-state index contributed by atoms with van der Waals surface area (Å²) in [5.74, 6) is -0.968. The number of rotatable bonds is 6. The Labute approximate surface area is 151 Å². The van der Waals surface area contributed by atoms with Gasteiger partial charge in [-0.1, -0.05) is 60.7 Å². The Morgan fingerprint density at radius 3 is 2.35 bits per heavy atom. The lowest BCUT2D eigenvalue weighted by molar-refractivity contribution is -0.157. The molecule has 0 heterocycles. The van der Waals surface area contributed by atoms with Crippen molar-refractivity contribution in [3.05, 3.63) is 83.9 Å². The van der Waals surface area contributed by atoms with Gasteiger partial charge in [0.1, 0.15) is 0 Å². The van der Waals surface area contributed by atoms with Gasteiger partial charge in [-0.25, -0.2) is 10.3 Å². The van der Waals surface area contributed by atoms with Gasteiger partial charge in [-0.05, 0) is 28.5 Å². The van der Waals surface area contributed by atoms with Crippen molar-refractivity contribution in [3.8, 4) is 0 Å². The van der Waals surface area contributed by atoms with E-state index >= 15 is 0 Å². The lowest BCUT2D eigenvalue weighted by atomic mass is 10.0. The molecule has 0 bridgehead atoms. The SMILES string of the molecule is COC(=O)C(Cc1ccc2ccccc2c1)ONC(=O)c1ccccc1. The van der Waals surface area contributed by atoms with Crippen LogP contribution in [0.5, 0.6) is 0 Å². The van der Waals surface area contributed by atoms with Gasteiger partial charge in [-0.3, -0.25) is 9.63 Å². The fourth-order valence-corrected chi connectivity index (χ4v) is 2.66. The van der Waals surface area contributed by atoms with Crippen LogP contribution in [0.25, 0.3) is 10.8 Å². The molecule has 3 aromatic rings. The number of amides is 1. The number of esters is 1. The highest BCUT2D eigenvalue weighted by atomic mass is 16.7. The first-order valence-electron chi connectivity index (χ1n) is 8.24. The van der Waals surface area contributed by atoms with E-state index in [1.807, 2.05) is 48.5 Å². The van der Waals surface area contributed by atoms with E-state index in [-0.39, 0.29) is 6.42 Å². The molecular formula is C21H19NO4. The molecule has 5 nitrogen and oxygen atoms in total. The number of hydroxylamine groups is 1. The molecule has 0 fully saturated rings. The number of fused-ring (bicyclic) bond motifs is 1. The highest BCUT2D eigenvalue weighted by Gasteiger charge is 2.22. The van der Waals surface area contributed by atoms with E-state index < -0.39 is 18.0 Å². The number of carbonyl (C=O) groups is 2. The van der Waals surface area contributed by atoms with Crippen molar-refractivity contribution in [2.45, 2.75) is 12.5 Å². The third-order valence-electron chi connectivity index (χ3n) is 4.03. The smallest absolute Gasteiger partial charge is 0.338 e. The summed E-state index contributed by atoms with van der Waals surface area (Å²) in [7, 11) is 1.29. The van der Waals surface area contributed by atoms with Crippen molar-refractivity contribution < 1.29 is 19.2 Å². The molecule has 0 aromatic heterocycles. The van der Waals surface area contributed by atoms with Crippen molar-refractivity contribution in [3.63, 3.8) is 0 Å². The number of methoxy groups -OCH3 is 1. The summed E-state index contributed by atoms with van der Waals surface area (Å²) in [5.41, 5.74) is 3.69. The van der Waals surface area contributed by atoms with E-state index in [2.05, 4.69) is 5.48 Å². The first-order valence-corrected chi connectivity index (χ1v) is 8.24. The molecule has 0 aliphatic rings. The topological polar surface area (TPSA) is 64.6 Å². The Morgan fingerprint density at radius 2 is 1.62 bits per heavy atom. The number of benzene rings is 3. The molecule has 5 heteroatoms. The molecule has 0 saturated heterocycles. The average Bonchev–Trinajstić information content (AvgIpc) is 2.70. The molecule has 0 radical (unpaired) electrons. The minimum Gasteiger partial charge on any atom is -0.467 e. The second kappa shape index (κ2) is 8.27. The number of hydrogen-bond acceptors (Lipinski definition) is 4. The van der Waals surface area contributed by atoms with Crippen LogP contribution >= 0.6 is 0 Å². The van der Waals surface area contributed by atoms with Gasteiger partial charge < -0.3 is 4.74 Å². The van der Waals surface area contributed by atoms with Gasteiger partial charge >= 0.3 is 5.97 Å². The monoisotopic (exact) mass is 349 g/mol. The van der Waals surface area contributed by atoms with Crippen LogP contribution in [0.4, 0.5) is 0 Å². The minimum atomic E-state index is -0.936. The quantitative estimate of drug-likeness (QED) is 0.548. The second-order valence-electron chi connectivity index (χ2n) is 5.81. The number of ether oxygens (including phenoxy) is 1. The van der Waals surface area contributed by atoms with Crippen LogP contribution in [0.2, 0.25) is 0 Å². The van der Waals surface area contributed by atoms with Crippen LogP contribution < -0.4 is 5.48 Å². The van der Waals surface area contributed by atoms with Gasteiger partial charge in [-0.2, -0.15) is 0 Å². The van der Waals surface area contributed by atoms with Crippen LogP contribution in [0.3, 0.4) is 0 Å². The Bertz CT molecular complexity index is 908. The average molecular weight is 349 g/mol. The lowest BCUT2D eigenvalue weighted by Crippen LogP contribution is -2.36. The Balaban J connectivity index is 1.71. The zero-order valence-corrected chi connectivity index (χ0v) is 14.3. The molecule has 3 aromatic carbocycles. The van der Waals surface area contributed by atoms with Gasteiger partial charge in [0.2, 0.25) is 0 Å². The summed E-state index contributed by atoms with van der Waals surface area (Å²) in [5, 5.41) is 2.19. The van der Waals surface area contributed by atoms with Crippen LogP contribution in [0.15, 0.2) is 72.8 Å². The van der Waals surface area contributed by atoms with Crippen LogP contribution in [0, 0.1) is 0 Å². The van der Waals surface area contributed by atoms with E-state index in [0.717, 1.165) is 16.3 Å². The Kier molecular flexibility index (Phi) is 5.61. The van der Waals surface area contributed by atoms with Crippen molar-refractivity contribution in [1.29, 1.82) is 0 Å². The molecule has 1 N–H and O–H groups in total. The van der Waals surface area contributed by atoms with Gasteiger partial charge in [-0.15, -0.1) is 0 Å². The summed E-state index contributed by atoms with van der Waals surface area (Å²) in [4.78, 5) is 29.5. The fraction of sp³-hybridized carbons (Fsp3) is 0.143. The molecule has 132 valence electrons. The van der Waals surface area contributed by atoms with E-state index in [0.29, 0.717) is 5.56 Å². The van der Waals surface area contributed by atoms with Crippen molar-refractivity contribution in [2.75, 3.05) is 7.11 Å². The first kappa shape index (κ1) is 17.6. The molecule has 3 rings (SSSR count). The predicted molar refractivity (Wildman–Crippen MR) is 98.4 cm³/mol. The van der Waals surface area contributed by atoms with Crippen molar-refractivity contribution in [2.24, 2.45) is 0 Å². The number of hydrogen-bond donors (Lipinski definition) is 1. The summed E-state index contributed by atoms with van der Waals surface area (Å²) < 4.78 is 4.79. The van der Waals surface area contributed by atoms with Crippen molar-refractivity contribution in [1.82, 2.24) is 5.48 Å². The fourth-order valence-electron chi connectivity index (χ4n) is 2.66. The lowest BCUT2D eigenvalue weighted by Gasteiger charge is -2.16.